The summed E-state index contributed by atoms with van der Waals surface area (Å²) in [6, 6.07) is 10.6. The standard InChI is InChI=1S/C16H16Cl2N2O2/c1-10(2)22-12-5-3-11(4-6-12)9-19-16(21)15-13(17)7-8-14(18)20-15/h3-8,10H,9H2,1-2H3,(H,19,21). The minimum absolute atomic E-state index is 0.119. The number of hydrogen-bond acceptors (Lipinski definition) is 3. The first-order valence-corrected chi connectivity index (χ1v) is 7.57. The molecule has 1 aromatic carbocycles. The molecule has 2 aromatic rings. The Kier molecular flexibility index (Phi) is 5.63. The lowest BCUT2D eigenvalue weighted by molar-refractivity contribution is 0.0946. The molecule has 0 atom stereocenters. The molecule has 6 heteroatoms. The third kappa shape index (κ3) is 4.61. The molecule has 116 valence electrons. The Morgan fingerprint density at radius 1 is 1.18 bits per heavy atom. The van der Waals surface area contributed by atoms with E-state index in [9.17, 15) is 4.79 Å². The van der Waals surface area contributed by atoms with Crippen LogP contribution in [0.25, 0.3) is 0 Å². The molecule has 0 aliphatic rings. The molecule has 0 saturated heterocycles. The van der Waals surface area contributed by atoms with Gasteiger partial charge in [-0.3, -0.25) is 4.79 Å². The SMILES string of the molecule is CC(C)Oc1ccc(CNC(=O)c2nc(Cl)ccc2Cl)cc1. The first-order valence-electron chi connectivity index (χ1n) is 6.81. The van der Waals surface area contributed by atoms with Crippen molar-refractivity contribution in [3.63, 3.8) is 0 Å². The first-order chi connectivity index (χ1) is 10.5. The number of halogens is 2. The molecule has 0 unspecified atom stereocenters. The van der Waals surface area contributed by atoms with E-state index in [1.165, 1.54) is 6.07 Å². The Labute approximate surface area is 139 Å². The van der Waals surface area contributed by atoms with Gasteiger partial charge in [0.15, 0.2) is 0 Å². The van der Waals surface area contributed by atoms with Gasteiger partial charge in [-0.2, -0.15) is 0 Å². The van der Waals surface area contributed by atoms with Crippen LogP contribution in [0.1, 0.15) is 29.9 Å². The number of ether oxygens (including phenoxy) is 1. The molecule has 0 bridgehead atoms. The first kappa shape index (κ1) is 16.6. The molecule has 0 saturated carbocycles. The molecule has 2 rings (SSSR count). The van der Waals surface area contributed by atoms with E-state index in [1.807, 2.05) is 38.1 Å². The maximum absolute atomic E-state index is 12.1. The second kappa shape index (κ2) is 7.47. The Hall–Kier alpha value is -1.78. The molecule has 1 amide bonds. The highest BCUT2D eigenvalue weighted by Gasteiger charge is 2.12. The fourth-order valence-electron chi connectivity index (χ4n) is 1.80. The highest BCUT2D eigenvalue weighted by Crippen LogP contribution is 2.17. The highest BCUT2D eigenvalue weighted by atomic mass is 35.5. The number of nitrogens with one attached hydrogen (secondary N) is 1. The lowest BCUT2D eigenvalue weighted by Crippen LogP contribution is -2.24. The molecular formula is C16H16Cl2N2O2. The summed E-state index contributed by atoms with van der Waals surface area (Å²) in [6.45, 7) is 4.30. The van der Waals surface area contributed by atoms with Gasteiger partial charge in [0.1, 0.15) is 16.6 Å². The number of carbonyl (C=O) groups is 1. The van der Waals surface area contributed by atoms with Crippen molar-refractivity contribution in [2.24, 2.45) is 0 Å². The van der Waals surface area contributed by atoms with E-state index in [0.29, 0.717) is 6.54 Å². The van der Waals surface area contributed by atoms with E-state index in [0.717, 1.165) is 11.3 Å². The van der Waals surface area contributed by atoms with E-state index < -0.39 is 0 Å². The molecule has 1 aromatic heterocycles. The van der Waals surface area contributed by atoms with Crippen LogP contribution in [-0.4, -0.2) is 17.0 Å². The number of benzene rings is 1. The van der Waals surface area contributed by atoms with Gasteiger partial charge in [-0.1, -0.05) is 35.3 Å². The number of carbonyl (C=O) groups excluding carboxylic acids is 1. The van der Waals surface area contributed by atoms with Gasteiger partial charge in [0.2, 0.25) is 0 Å². The van der Waals surface area contributed by atoms with Crippen LogP contribution in [0.2, 0.25) is 10.2 Å². The lowest BCUT2D eigenvalue weighted by atomic mass is 10.2. The second-order valence-corrected chi connectivity index (χ2v) is 5.75. The molecular weight excluding hydrogens is 323 g/mol. The zero-order chi connectivity index (χ0) is 16.1. The van der Waals surface area contributed by atoms with Crippen molar-refractivity contribution in [1.29, 1.82) is 0 Å². The van der Waals surface area contributed by atoms with Gasteiger partial charge in [-0.25, -0.2) is 4.98 Å². The molecule has 4 nitrogen and oxygen atoms in total. The number of amides is 1. The van der Waals surface area contributed by atoms with Crippen molar-refractivity contribution in [2.45, 2.75) is 26.5 Å². The topological polar surface area (TPSA) is 51.2 Å². The third-order valence-corrected chi connectivity index (χ3v) is 3.29. The summed E-state index contributed by atoms with van der Waals surface area (Å²) < 4.78 is 5.56. The quantitative estimate of drug-likeness (QED) is 0.834. The van der Waals surface area contributed by atoms with E-state index in [2.05, 4.69) is 10.3 Å². The van der Waals surface area contributed by atoms with Crippen molar-refractivity contribution in [1.82, 2.24) is 10.3 Å². The number of hydrogen-bond donors (Lipinski definition) is 1. The number of nitrogens with zero attached hydrogens (tertiary/aromatic N) is 1. The molecule has 1 heterocycles. The fourth-order valence-corrected chi connectivity index (χ4v) is 2.14. The molecule has 22 heavy (non-hydrogen) atoms. The summed E-state index contributed by atoms with van der Waals surface area (Å²) in [6.07, 6.45) is 0.126. The average molecular weight is 339 g/mol. The maximum Gasteiger partial charge on any atom is 0.271 e. The van der Waals surface area contributed by atoms with Crippen molar-refractivity contribution in [3.05, 3.63) is 57.8 Å². The van der Waals surface area contributed by atoms with Crippen molar-refractivity contribution in [3.8, 4) is 5.75 Å². The molecule has 1 N–H and O–H groups in total. The molecule has 0 spiro atoms. The summed E-state index contributed by atoms with van der Waals surface area (Å²) in [7, 11) is 0. The van der Waals surface area contributed by atoms with Crippen LogP contribution in [-0.2, 0) is 6.54 Å². The number of rotatable bonds is 5. The van der Waals surface area contributed by atoms with Crippen LogP contribution >= 0.6 is 23.2 Å². The van der Waals surface area contributed by atoms with Crippen molar-refractivity contribution in [2.75, 3.05) is 0 Å². The number of pyridine rings is 1. The molecule has 0 fully saturated rings. The second-order valence-electron chi connectivity index (χ2n) is 4.96. The predicted molar refractivity (Wildman–Crippen MR) is 87.6 cm³/mol. The van der Waals surface area contributed by atoms with E-state index in [-0.39, 0.29) is 27.9 Å². The monoisotopic (exact) mass is 338 g/mol. The molecule has 0 radical (unpaired) electrons. The zero-order valence-electron chi connectivity index (χ0n) is 12.3. The van der Waals surface area contributed by atoms with Crippen LogP contribution in [0.5, 0.6) is 5.75 Å². The lowest BCUT2D eigenvalue weighted by Gasteiger charge is -2.10. The van der Waals surface area contributed by atoms with Gasteiger partial charge in [0.05, 0.1) is 11.1 Å². The number of aromatic nitrogens is 1. The van der Waals surface area contributed by atoms with Gasteiger partial charge in [0.25, 0.3) is 5.91 Å². The van der Waals surface area contributed by atoms with Gasteiger partial charge >= 0.3 is 0 Å². The predicted octanol–water partition coefficient (Wildman–Crippen LogP) is 4.11. The smallest absolute Gasteiger partial charge is 0.271 e. The Morgan fingerprint density at radius 3 is 2.50 bits per heavy atom. The normalized spacial score (nSPS) is 10.6. The third-order valence-electron chi connectivity index (χ3n) is 2.78. The zero-order valence-corrected chi connectivity index (χ0v) is 13.8. The van der Waals surface area contributed by atoms with Crippen molar-refractivity contribution < 1.29 is 9.53 Å². The largest absolute Gasteiger partial charge is 0.491 e. The summed E-state index contributed by atoms with van der Waals surface area (Å²) in [5.41, 5.74) is 1.07. The van der Waals surface area contributed by atoms with Crippen LogP contribution in [0.4, 0.5) is 0 Å². The minimum Gasteiger partial charge on any atom is -0.491 e. The van der Waals surface area contributed by atoms with E-state index >= 15 is 0 Å². The maximum atomic E-state index is 12.1. The Morgan fingerprint density at radius 2 is 1.86 bits per heavy atom. The fraction of sp³-hybridized carbons (Fsp3) is 0.250. The Balaban J connectivity index is 1.97. The minimum atomic E-state index is -0.366. The average Bonchev–Trinajstić information content (AvgIpc) is 2.48. The van der Waals surface area contributed by atoms with Crippen LogP contribution in [0.15, 0.2) is 36.4 Å². The highest BCUT2D eigenvalue weighted by molar-refractivity contribution is 6.34. The summed E-state index contributed by atoms with van der Waals surface area (Å²) in [4.78, 5) is 16.0. The van der Waals surface area contributed by atoms with Crippen molar-refractivity contribution >= 4 is 29.1 Å². The van der Waals surface area contributed by atoms with Crippen LogP contribution < -0.4 is 10.1 Å². The van der Waals surface area contributed by atoms with Crippen LogP contribution in [0, 0.1) is 0 Å². The summed E-state index contributed by atoms with van der Waals surface area (Å²) in [5, 5.41) is 3.25. The van der Waals surface area contributed by atoms with Crippen LogP contribution in [0.3, 0.4) is 0 Å². The summed E-state index contributed by atoms with van der Waals surface area (Å²) >= 11 is 11.7. The van der Waals surface area contributed by atoms with Gasteiger partial charge in [-0.15, -0.1) is 0 Å². The Bertz CT molecular complexity index is 658. The van der Waals surface area contributed by atoms with Gasteiger partial charge in [-0.05, 0) is 43.7 Å². The van der Waals surface area contributed by atoms with E-state index in [1.54, 1.807) is 6.07 Å². The van der Waals surface area contributed by atoms with Gasteiger partial charge < -0.3 is 10.1 Å². The van der Waals surface area contributed by atoms with E-state index in [4.69, 9.17) is 27.9 Å². The molecule has 0 aliphatic heterocycles. The summed E-state index contributed by atoms with van der Waals surface area (Å²) in [5.74, 6) is 0.430. The molecule has 0 aliphatic carbocycles. The van der Waals surface area contributed by atoms with Gasteiger partial charge in [0, 0.05) is 6.54 Å².